The van der Waals surface area contributed by atoms with Crippen LogP contribution in [0, 0.1) is 0 Å². The lowest BCUT2D eigenvalue weighted by atomic mass is 9.99. The lowest BCUT2D eigenvalue weighted by Crippen LogP contribution is -1.96. The molecule has 0 aliphatic heterocycles. The molecule has 0 aliphatic rings. The summed E-state index contributed by atoms with van der Waals surface area (Å²) in [6.45, 7) is 0. The molecule has 0 saturated carbocycles. The lowest BCUT2D eigenvalue weighted by molar-refractivity contribution is 0.324. The Bertz CT molecular complexity index is 836. The fraction of sp³-hybridized carbons (Fsp3) is 0.167. The Kier molecular flexibility index (Phi) is 3.93. The Morgan fingerprint density at radius 3 is 2.22 bits per heavy atom. The highest BCUT2D eigenvalue weighted by molar-refractivity contribution is 5.98. The normalized spacial score (nSPS) is 10.6. The van der Waals surface area contributed by atoms with E-state index < -0.39 is 0 Å². The highest BCUT2D eigenvalue weighted by Gasteiger charge is 2.16. The molecule has 3 aromatic rings. The molecule has 5 nitrogen and oxygen atoms in total. The summed E-state index contributed by atoms with van der Waals surface area (Å²) < 4.78 is 16.2. The number of fused-ring (bicyclic) bond motifs is 1. The molecule has 0 fully saturated rings. The van der Waals surface area contributed by atoms with Crippen LogP contribution in [0.3, 0.4) is 0 Å². The van der Waals surface area contributed by atoms with Crippen LogP contribution in [-0.2, 0) is 0 Å². The van der Waals surface area contributed by atoms with Crippen molar-refractivity contribution in [2.45, 2.75) is 0 Å². The van der Waals surface area contributed by atoms with Crippen LogP contribution in [0.25, 0.3) is 22.0 Å². The van der Waals surface area contributed by atoms with Crippen molar-refractivity contribution in [3.8, 4) is 34.1 Å². The van der Waals surface area contributed by atoms with E-state index in [0.717, 1.165) is 16.5 Å². The second-order valence-corrected chi connectivity index (χ2v) is 4.95. The van der Waals surface area contributed by atoms with Gasteiger partial charge in [-0.1, -0.05) is 6.07 Å². The number of hydrogen-bond donors (Lipinski definition) is 1. The standard InChI is InChI=1S/C18H17NO4/c1-21-15-9-11(10-16(22-2)18(15)23-3)12-6-7-14(20)17-13(12)5-4-8-19-17/h4-10,20H,1-3H3. The van der Waals surface area contributed by atoms with Crippen molar-refractivity contribution in [1.29, 1.82) is 0 Å². The van der Waals surface area contributed by atoms with E-state index >= 15 is 0 Å². The topological polar surface area (TPSA) is 60.8 Å². The number of methoxy groups -OCH3 is 3. The maximum atomic E-state index is 9.99. The van der Waals surface area contributed by atoms with Gasteiger partial charge in [-0.05, 0) is 41.5 Å². The number of hydrogen-bond acceptors (Lipinski definition) is 5. The average molecular weight is 311 g/mol. The molecule has 2 aromatic carbocycles. The Balaban J connectivity index is 2.29. The second kappa shape index (κ2) is 6.04. The molecule has 3 rings (SSSR count). The molecule has 0 amide bonds. The largest absolute Gasteiger partial charge is 0.506 e. The number of aromatic hydroxyl groups is 1. The van der Waals surface area contributed by atoms with Crippen LogP contribution < -0.4 is 14.2 Å². The van der Waals surface area contributed by atoms with Crippen molar-refractivity contribution in [3.05, 3.63) is 42.6 Å². The molecule has 0 spiro atoms. The minimum atomic E-state index is 0.150. The summed E-state index contributed by atoms with van der Waals surface area (Å²) in [6, 6.07) is 11.0. The molecule has 0 aliphatic carbocycles. The zero-order chi connectivity index (χ0) is 16.4. The van der Waals surface area contributed by atoms with E-state index in [4.69, 9.17) is 14.2 Å². The number of phenolic OH excluding ortho intramolecular Hbond substituents is 1. The molecule has 0 bridgehead atoms. The Hall–Kier alpha value is -2.95. The summed E-state index contributed by atoms with van der Waals surface area (Å²) in [5, 5.41) is 10.8. The molecule has 0 unspecified atom stereocenters. The lowest BCUT2D eigenvalue weighted by Gasteiger charge is -2.15. The fourth-order valence-corrected chi connectivity index (χ4v) is 2.65. The monoisotopic (exact) mass is 311 g/mol. The molecule has 0 radical (unpaired) electrons. The van der Waals surface area contributed by atoms with Crippen LogP contribution in [0.4, 0.5) is 0 Å². The molecular weight excluding hydrogens is 294 g/mol. The van der Waals surface area contributed by atoms with E-state index in [1.54, 1.807) is 33.6 Å². The second-order valence-electron chi connectivity index (χ2n) is 4.95. The third-order valence-corrected chi connectivity index (χ3v) is 3.72. The zero-order valence-corrected chi connectivity index (χ0v) is 13.2. The minimum Gasteiger partial charge on any atom is -0.506 e. The highest BCUT2D eigenvalue weighted by atomic mass is 16.5. The van der Waals surface area contributed by atoms with E-state index in [9.17, 15) is 5.11 Å². The smallest absolute Gasteiger partial charge is 0.203 e. The summed E-state index contributed by atoms with van der Waals surface area (Å²) in [5.41, 5.74) is 2.36. The fourth-order valence-electron chi connectivity index (χ4n) is 2.65. The van der Waals surface area contributed by atoms with Gasteiger partial charge in [0.05, 0.1) is 21.3 Å². The van der Waals surface area contributed by atoms with Gasteiger partial charge in [0, 0.05) is 11.6 Å². The van der Waals surface area contributed by atoms with Gasteiger partial charge in [-0.25, -0.2) is 0 Å². The number of ether oxygens (including phenoxy) is 3. The van der Waals surface area contributed by atoms with Crippen molar-refractivity contribution < 1.29 is 19.3 Å². The molecule has 118 valence electrons. The summed E-state index contributed by atoms with van der Waals surface area (Å²) in [4.78, 5) is 4.25. The molecule has 5 heteroatoms. The molecule has 23 heavy (non-hydrogen) atoms. The zero-order valence-electron chi connectivity index (χ0n) is 13.2. The number of rotatable bonds is 4. The first-order valence-corrected chi connectivity index (χ1v) is 7.06. The number of phenols is 1. The number of pyridine rings is 1. The van der Waals surface area contributed by atoms with Gasteiger partial charge in [0.2, 0.25) is 5.75 Å². The molecule has 0 saturated heterocycles. The van der Waals surface area contributed by atoms with Gasteiger partial charge >= 0.3 is 0 Å². The van der Waals surface area contributed by atoms with E-state index in [1.807, 2.05) is 30.3 Å². The summed E-state index contributed by atoms with van der Waals surface area (Å²) in [6.07, 6.45) is 1.65. The van der Waals surface area contributed by atoms with Crippen molar-refractivity contribution in [2.24, 2.45) is 0 Å². The van der Waals surface area contributed by atoms with Crippen LogP contribution in [-0.4, -0.2) is 31.4 Å². The van der Waals surface area contributed by atoms with Gasteiger partial charge in [0.15, 0.2) is 11.5 Å². The Morgan fingerprint density at radius 2 is 1.61 bits per heavy atom. The first kappa shape index (κ1) is 15.0. The van der Waals surface area contributed by atoms with Crippen molar-refractivity contribution >= 4 is 10.9 Å². The highest BCUT2D eigenvalue weighted by Crippen LogP contribution is 2.43. The molecule has 1 heterocycles. The summed E-state index contributed by atoms with van der Waals surface area (Å²) >= 11 is 0. The maximum absolute atomic E-state index is 9.99. The third-order valence-electron chi connectivity index (χ3n) is 3.72. The number of nitrogens with zero attached hydrogens (tertiary/aromatic N) is 1. The predicted octanol–water partition coefficient (Wildman–Crippen LogP) is 3.63. The Labute approximate surface area is 134 Å². The van der Waals surface area contributed by atoms with Crippen LogP contribution >= 0.6 is 0 Å². The average Bonchev–Trinajstić information content (AvgIpc) is 2.61. The van der Waals surface area contributed by atoms with Crippen LogP contribution in [0.1, 0.15) is 0 Å². The van der Waals surface area contributed by atoms with Crippen LogP contribution in [0.2, 0.25) is 0 Å². The minimum absolute atomic E-state index is 0.150. The molecule has 1 aromatic heterocycles. The van der Waals surface area contributed by atoms with Gasteiger partial charge in [-0.2, -0.15) is 0 Å². The maximum Gasteiger partial charge on any atom is 0.203 e. The number of benzene rings is 2. The molecule has 1 N–H and O–H groups in total. The van der Waals surface area contributed by atoms with Gasteiger partial charge < -0.3 is 19.3 Å². The predicted molar refractivity (Wildman–Crippen MR) is 88.5 cm³/mol. The first-order chi connectivity index (χ1) is 11.2. The third kappa shape index (κ3) is 2.50. The van der Waals surface area contributed by atoms with E-state index in [2.05, 4.69) is 4.98 Å². The summed E-state index contributed by atoms with van der Waals surface area (Å²) in [7, 11) is 4.73. The number of aromatic nitrogens is 1. The molecular formula is C18H17NO4. The van der Waals surface area contributed by atoms with Crippen LogP contribution in [0.15, 0.2) is 42.6 Å². The molecule has 0 atom stereocenters. The van der Waals surface area contributed by atoms with Gasteiger partial charge in [-0.3, -0.25) is 4.98 Å². The van der Waals surface area contributed by atoms with E-state index in [0.29, 0.717) is 22.8 Å². The van der Waals surface area contributed by atoms with Gasteiger partial charge in [-0.15, -0.1) is 0 Å². The van der Waals surface area contributed by atoms with E-state index in [1.165, 1.54) is 0 Å². The van der Waals surface area contributed by atoms with Gasteiger partial charge in [0.25, 0.3) is 0 Å². The van der Waals surface area contributed by atoms with Crippen molar-refractivity contribution in [1.82, 2.24) is 4.98 Å². The van der Waals surface area contributed by atoms with Gasteiger partial charge in [0.1, 0.15) is 11.3 Å². The van der Waals surface area contributed by atoms with Crippen molar-refractivity contribution in [3.63, 3.8) is 0 Å². The van der Waals surface area contributed by atoms with Crippen LogP contribution in [0.5, 0.6) is 23.0 Å². The SMILES string of the molecule is COc1cc(-c2ccc(O)c3ncccc23)cc(OC)c1OC. The van der Waals surface area contributed by atoms with E-state index in [-0.39, 0.29) is 5.75 Å². The quantitative estimate of drug-likeness (QED) is 0.797. The first-order valence-electron chi connectivity index (χ1n) is 7.06. The summed E-state index contributed by atoms with van der Waals surface area (Å²) in [5.74, 6) is 1.84. The van der Waals surface area contributed by atoms with Crippen molar-refractivity contribution in [2.75, 3.05) is 21.3 Å². The Morgan fingerprint density at radius 1 is 0.913 bits per heavy atom.